The second kappa shape index (κ2) is 3.37. The largest absolute Gasteiger partial charge is 0.451 e. The fraction of sp³-hybridized carbons (Fsp3) is 0.182. The van der Waals surface area contributed by atoms with Crippen molar-refractivity contribution >= 4 is 11.0 Å². The maximum absolute atomic E-state index is 12.5. The average Bonchev–Trinajstić information content (AvgIpc) is 2.22. The fourth-order valence-corrected chi connectivity index (χ4v) is 1.51. The van der Waals surface area contributed by atoms with Crippen LogP contribution >= 0.6 is 0 Å². The average molecular weight is 228 g/mol. The van der Waals surface area contributed by atoms with Gasteiger partial charge in [0, 0.05) is 5.56 Å². The lowest BCUT2D eigenvalue weighted by atomic mass is 10.1. The first-order chi connectivity index (χ1) is 7.41. The number of alkyl halides is 3. The first kappa shape index (κ1) is 10.7. The van der Waals surface area contributed by atoms with Gasteiger partial charge in [-0.25, -0.2) is 0 Å². The smallest absolute Gasteiger partial charge is 0.449 e. The molecule has 84 valence electrons. The molecular formula is C11H7F3O2. The van der Waals surface area contributed by atoms with Crippen molar-refractivity contribution < 1.29 is 17.6 Å². The highest BCUT2D eigenvalue weighted by atomic mass is 19.4. The summed E-state index contributed by atoms with van der Waals surface area (Å²) >= 11 is 0. The highest BCUT2D eigenvalue weighted by molar-refractivity contribution is 5.77. The molecule has 1 aromatic heterocycles. The lowest BCUT2D eigenvalue weighted by molar-refractivity contribution is -0.153. The SMILES string of the molecule is Cc1c(C(F)(F)F)oc2ccccc2c1=O. The predicted octanol–water partition coefficient (Wildman–Crippen LogP) is 3.12. The maximum atomic E-state index is 12.5. The predicted molar refractivity (Wildman–Crippen MR) is 52.2 cm³/mol. The molecule has 0 spiro atoms. The quantitative estimate of drug-likeness (QED) is 0.693. The van der Waals surface area contributed by atoms with Crippen molar-refractivity contribution in [2.75, 3.05) is 0 Å². The van der Waals surface area contributed by atoms with Gasteiger partial charge in [-0.2, -0.15) is 13.2 Å². The Morgan fingerprint density at radius 2 is 1.81 bits per heavy atom. The summed E-state index contributed by atoms with van der Waals surface area (Å²) in [6.45, 7) is 1.11. The van der Waals surface area contributed by atoms with Crippen LogP contribution in [-0.4, -0.2) is 0 Å². The fourth-order valence-electron chi connectivity index (χ4n) is 1.51. The third-order valence-electron chi connectivity index (χ3n) is 2.28. The molecule has 0 bridgehead atoms. The van der Waals surface area contributed by atoms with E-state index in [1.54, 1.807) is 6.07 Å². The molecule has 0 amide bonds. The topological polar surface area (TPSA) is 30.2 Å². The van der Waals surface area contributed by atoms with Crippen molar-refractivity contribution in [3.05, 3.63) is 45.8 Å². The van der Waals surface area contributed by atoms with Crippen molar-refractivity contribution in [3.63, 3.8) is 0 Å². The minimum atomic E-state index is -4.65. The van der Waals surface area contributed by atoms with Gasteiger partial charge in [0.2, 0.25) is 5.76 Å². The van der Waals surface area contributed by atoms with Crippen LogP contribution in [0, 0.1) is 6.92 Å². The van der Waals surface area contributed by atoms with Crippen LogP contribution in [0.4, 0.5) is 13.2 Å². The van der Waals surface area contributed by atoms with Crippen LogP contribution < -0.4 is 5.43 Å². The Kier molecular flexibility index (Phi) is 2.26. The summed E-state index contributed by atoms with van der Waals surface area (Å²) in [6, 6.07) is 5.87. The zero-order valence-corrected chi connectivity index (χ0v) is 8.26. The highest BCUT2D eigenvalue weighted by Crippen LogP contribution is 2.32. The van der Waals surface area contributed by atoms with Gasteiger partial charge >= 0.3 is 6.18 Å². The third-order valence-corrected chi connectivity index (χ3v) is 2.28. The van der Waals surface area contributed by atoms with Gasteiger partial charge in [0.25, 0.3) is 0 Å². The molecule has 0 aliphatic heterocycles. The Bertz CT molecular complexity index is 596. The molecule has 0 saturated heterocycles. The molecule has 0 atom stereocenters. The lowest BCUT2D eigenvalue weighted by Crippen LogP contribution is -2.16. The van der Waals surface area contributed by atoms with E-state index < -0.39 is 22.9 Å². The summed E-state index contributed by atoms with van der Waals surface area (Å²) in [4.78, 5) is 11.6. The molecule has 0 fully saturated rings. The molecule has 0 radical (unpaired) electrons. The van der Waals surface area contributed by atoms with E-state index in [-0.39, 0.29) is 11.0 Å². The van der Waals surface area contributed by atoms with E-state index in [9.17, 15) is 18.0 Å². The molecule has 2 rings (SSSR count). The number of rotatable bonds is 0. The van der Waals surface area contributed by atoms with Crippen molar-refractivity contribution in [2.24, 2.45) is 0 Å². The highest BCUT2D eigenvalue weighted by Gasteiger charge is 2.37. The van der Waals surface area contributed by atoms with Gasteiger partial charge in [-0.05, 0) is 19.1 Å². The summed E-state index contributed by atoms with van der Waals surface area (Å²) in [5, 5.41) is 0.160. The molecule has 0 aliphatic carbocycles. The molecular weight excluding hydrogens is 221 g/mol. The molecule has 0 unspecified atom stereocenters. The molecule has 16 heavy (non-hydrogen) atoms. The van der Waals surface area contributed by atoms with Crippen LogP contribution in [0.1, 0.15) is 11.3 Å². The van der Waals surface area contributed by atoms with E-state index in [1.807, 2.05) is 0 Å². The Balaban J connectivity index is 2.90. The second-order valence-corrected chi connectivity index (χ2v) is 3.38. The van der Waals surface area contributed by atoms with E-state index in [0.29, 0.717) is 0 Å². The van der Waals surface area contributed by atoms with Crippen LogP contribution in [0.15, 0.2) is 33.5 Å². The second-order valence-electron chi connectivity index (χ2n) is 3.38. The summed E-state index contributed by atoms with van der Waals surface area (Å²) in [5.74, 6) is -1.23. The van der Waals surface area contributed by atoms with E-state index >= 15 is 0 Å². The standard InChI is InChI=1S/C11H7F3O2/c1-6-9(15)7-4-2-3-5-8(7)16-10(6)11(12,13)14/h2-5H,1H3. The number of hydrogen-bond acceptors (Lipinski definition) is 2. The van der Waals surface area contributed by atoms with E-state index in [1.165, 1.54) is 18.2 Å². The Morgan fingerprint density at radius 1 is 1.19 bits per heavy atom. The summed E-state index contributed by atoms with van der Waals surface area (Å²) in [6.07, 6.45) is -4.65. The van der Waals surface area contributed by atoms with E-state index in [4.69, 9.17) is 4.42 Å². The molecule has 1 aromatic carbocycles. The van der Waals surface area contributed by atoms with Gasteiger partial charge in [-0.1, -0.05) is 12.1 Å². The molecule has 2 aromatic rings. The number of benzene rings is 1. The van der Waals surface area contributed by atoms with Crippen LogP contribution in [0.5, 0.6) is 0 Å². The van der Waals surface area contributed by atoms with Gasteiger partial charge in [-0.15, -0.1) is 0 Å². The number of halogens is 3. The normalized spacial score (nSPS) is 12.0. The minimum Gasteiger partial charge on any atom is -0.451 e. The Labute approximate surface area is 88.3 Å². The Morgan fingerprint density at radius 3 is 2.44 bits per heavy atom. The van der Waals surface area contributed by atoms with Crippen LogP contribution in [0.25, 0.3) is 11.0 Å². The summed E-state index contributed by atoms with van der Waals surface area (Å²) in [7, 11) is 0. The van der Waals surface area contributed by atoms with Crippen molar-refractivity contribution in [1.82, 2.24) is 0 Å². The van der Waals surface area contributed by atoms with Crippen molar-refractivity contribution in [2.45, 2.75) is 13.1 Å². The molecule has 0 aliphatic rings. The molecule has 5 heteroatoms. The van der Waals surface area contributed by atoms with Gasteiger partial charge in [0.05, 0.1) is 5.39 Å². The Hall–Kier alpha value is -1.78. The zero-order chi connectivity index (χ0) is 11.9. The number of hydrogen-bond donors (Lipinski definition) is 0. The first-order valence-corrected chi connectivity index (χ1v) is 4.51. The van der Waals surface area contributed by atoms with Crippen LogP contribution in [0.2, 0.25) is 0 Å². The van der Waals surface area contributed by atoms with Crippen LogP contribution in [0.3, 0.4) is 0 Å². The van der Waals surface area contributed by atoms with Gasteiger partial charge in [-0.3, -0.25) is 4.79 Å². The van der Waals surface area contributed by atoms with Crippen molar-refractivity contribution in [3.8, 4) is 0 Å². The summed E-state index contributed by atoms with van der Waals surface area (Å²) in [5.41, 5.74) is -1.11. The third kappa shape index (κ3) is 1.58. The summed E-state index contributed by atoms with van der Waals surface area (Å²) < 4.78 is 42.3. The van der Waals surface area contributed by atoms with Gasteiger partial charge in [0.15, 0.2) is 5.43 Å². The van der Waals surface area contributed by atoms with E-state index in [0.717, 1.165) is 6.92 Å². The van der Waals surface area contributed by atoms with Crippen LogP contribution in [-0.2, 0) is 6.18 Å². The van der Waals surface area contributed by atoms with Gasteiger partial charge < -0.3 is 4.42 Å². The zero-order valence-electron chi connectivity index (χ0n) is 8.26. The number of para-hydroxylation sites is 1. The molecule has 0 N–H and O–H groups in total. The maximum Gasteiger partial charge on any atom is 0.449 e. The molecule has 2 nitrogen and oxygen atoms in total. The van der Waals surface area contributed by atoms with Crippen molar-refractivity contribution in [1.29, 1.82) is 0 Å². The lowest BCUT2D eigenvalue weighted by Gasteiger charge is -2.09. The van der Waals surface area contributed by atoms with Gasteiger partial charge in [0.1, 0.15) is 5.58 Å². The number of fused-ring (bicyclic) bond motifs is 1. The molecule has 1 heterocycles. The monoisotopic (exact) mass is 228 g/mol. The first-order valence-electron chi connectivity index (χ1n) is 4.51. The minimum absolute atomic E-state index is 0.0505. The molecule has 0 saturated carbocycles. The van der Waals surface area contributed by atoms with E-state index in [2.05, 4.69) is 0 Å².